The molecule has 0 aliphatic rings. The van der Waals surface area contributed by atoms with E-state index in [0.29, 0.717) is 11.8 Å². The van der Waals surface area contributed by atoms with Crippen molar-refractivity contribution < 1.29 is 9.47 Å². The van der Waals surface area contributed by atoms with Gasteiger partial charge in [0.25, 0.3) is 0 Å². The molecule has 0 aromatic heterocycles. The zero-order valence-corrected chi connectivity index (χ0v) is 22.9. The van der Waals surface area contributed by atoms with Crippen LogP contribution in [-0.2, 0) is 9.47 Å². The third-order valence-corrected chi connectivity index (χ3v) is 7.00. The monoisotopic (exact) mass is 440 g/mol. The number of rotatable bonds is 22. The van der Waals surface area contributed by atoms with Crippen LogP contribution in [0.3, 0.4) is 0 Å². The molecule has 0 fully saturated rings. The molecule has 31 heavy (non-hydrogen) atoms. The fraction of sp³-hybridized carbons (Fsp3) is 1.00. The highest BCUT2D eigenvalue weighted by Gasteiger charge is 2.15. The van der Waals surface area contributed by atoms with Gasteiger partial charge in [0, 0.05) is 26.4 Å². The molecule has 0 rings (SSSR count). The van der Waals surface area contributed by atoms with Gasteiger partial charge in [0.1, 0.15) is 0 Å². The maximum absolute atomic E-state index is 6.10. The summed E-state index contributed by atoms with van der Waals surface area (Å²) in [6.07, 6.45) is 14.3. The Morgan fingerprint density at radius 1 is 0.516 bits per heavy atom. The lowest BCUT2D eigenvalue weighted by Crippen LogP contribution is -2.19. The zero-order chi connectivity index (χ0) is 23.5. The summed E-state index contributed by atoms with van der Waals surface area (Å²) < 4.78 is 12.2. The van der Waals surface area contributed by atoms with Crippen molar-refractivity contribution >= 4 is 0 Å². The van der Waals surface area contributed by atoms with Crippen LogP contribution in [-0.4, -0.2) is 26.4 Å². The van der Waals surface area contributed by atoms with Crippen LogP contribution in [0.2, 0.25) is 0 Å². The van der Waals surface area contributed by atoms with E-state index in [1.165, 1.54) is 70.6 Å². The molecule has 188 valence electrons. The van der Waals surface area contributed by atoms with Crippen LogP contribution in [0.1, 0.15) is 126 Å². The Morgan fingerprint density at radius 2 is 0.903 bits per heavy atom. The summed E-state index contributed by atoms with van der Waals surface area (Å²) >= 11 is 0. The highest BCUT2D eigenvalue weighted by atomic mass is 16.5. The average molecular weight is 441 g/mol. The zero-order valence-electron chi connectivity index (χ0n) is 22.9. The van der Waals surface area contributed by atoms with Crippen LogP contribution < -0.4 is 0 Å². The van der Waals surface area contributed by atoms with E-state index >= 15 is 0 Å². The van der Waals surface area contributed by atoms with Crippen molar-refractivity contribution in [1.82, 2.24) is 0 Å². The van der Waals surface area contributed by atoms with E-state index in [-0.39, 0.29) is 0 Å². The quantitative estimate of drug-likeness (QED) is 0.156. The molecule has 0 aliphatic carbocycles. The highest BCUT2D eigenvalue weighted by Crippen LogP contribution is 2.21. The van der Waals surface area contributed by atoms with Crippen molar-refractivity contribution in [2.45, 2.75) is 126 Å². The van der Waals surface area contributed by atoms with Gasteiger partial charge < -0.3 is 9.47 Å². The average Bonchev–Trinajstić information content (AvgIpc) is 2.71. The topological polar surface area (TPSA) is 18.5 Å². The lowest BCUT2D eigenvalue weighted by molar-refractivity contribution is 0.0528. The minimum Gasteiger partial charge on any atom is -0.381 e. The summed E-state index contributed by atoms with van der Waals surface area (Å²) in [5.41, 5.74) is 0. The van der Waals surface area contributed by atoms with Gasteiger partial charge in [-0.2, -0.15) is 0 Å². The molecule has 0 amide bonds. The normalized spacial score (nSPS) is 16.1. The molecule has 0 heterocycles. The largest absolute Gasteiger partial charge is 0.381 e. The molecule has 0 N–H and O–H groups in total. The molecular weight excluding hydrogens is 380 g/mol. The van der Waals surface area contributed by atoms with Crippen LogP contribution in [0, 0.1) is 35.5 Å². The first-order valence-corrected chi connectivity index (χ1v) is 13.9. The molecule has 0 radical (unpaired) electrons. The van der Waals surface area contributed by atoms with E-state index in [4.69, 9.17) is 9.47 Å². The molecule has 2 nitrogen and oxygen atoms in total. The third kappa shape index (κ3) is 20.3. The first-order valence-electron chi connectivity index (χ1n) is 13.9. The first-order chi connectivity index (χ1) is 14.8. The molecule has 0 spiro atoms. The Kier molecular flexibility index (Phi) is 20.5. The summed E-state index contributed by atoms with van der Waals surface area (Å²) in [5, 5.41) is 0. The van der Waals surface area contributed by atoms with Gasteiger partial charge in [0.2, 0.25) is 0 Å². The SMILES string of the molecule is CCC(COCCC(C)CCCC(C)C)CC(CC)COCCC(C)CCCC(C)C. The van der Waals surface area contributed by atoms with Gasteiger partial charge in [-0.15, -0.1) is 0 Å². The van der Waals surface area contributed by atoms with Crippen LogP contribution >= 0.6 is 0 Å². The predicted molar refractivity (Wildman–Crippen MR) is 139 cm³/mol. The smallest absolute Gasteiger partial charge is 0.0494 e. The number of hydrogen-bond donors (Lipinski definition) is 0. The second-order valence-electron chi connectivity index (χ2n) is 11.4. The minimum absolute atomic E-state index is 0.680. The molecule has 0 aromatic rings. The van der Waals surface area contributed by atoms with Crippen LogP contribution in [0.25, 0.3) is 0 Å². The summed E-state index contributed by atoms with van der Waals surface area (Å²) in [7, 11) is 0. The fourth-order valence-corrected chi connectivity index (χ4v) is 4.28. The van der Waals surface area contributed by atoms with Gasteiger partial charge in [-0.05, 0) is 54.8 Å². The summed E-state index contributed by atoms with van der Waals surface area (Å²) in [4.78, 5) is 0. The molecule has 4 unspecified atom stereocenters. The van der Waals surface area contributed by atoms with E-state index in [1.54, 1.807) is 0 Å². The van der Waals surface area contributed by atoms with Gasteiger partial charge in [-0.3, -0.25) is 0 Å². The van der Waals surface area contributed by atoms with Crippen molar-refractivity contribution in [3.8, 4) is 0 Å². The molecule has 0 saturated heterocycles. The molecule has 0 aromatic carbocycles. The van der Waals surface area contributed by atoms with E-state index in [2.05, 4.69) is 55.4 Å². The highest BCUT2D eigenvalue weighted by molar-refractivity contribution is 4.65. The van der Waals surface area contributed by atoms with Crippen molar-refractivity contribution in [2.24, 2.45) is 35.5 Å². The van der Waals surface area contributed by atoms with Crippen molar-refractivity contribution in [3.05, 3.63) is 0 Å². The summed E-state index contributed by atoms with van der Waals surface area (Å²) in [6, 6.07) is 0. The molecule has 4 atom stereocenters. The summed E-state index contributed by atoms with van der Waals surface area (Å²) in [5.74, 6) is 4.62. The second kappa shape index (κ2) is 20.5. The van der Waals surface area contributed by atoms with Crippen molar-refractivity contribution in [1.29, 1.82) is 0 Å². The van der Waals surface area contributed by atoms with E-state index < -0.39 is 0 Å². The number of hydrogen-bond acceptors (Lipinski definition) is 2. The van der Waals surface area contributed by atoms with E-state index in [0.717, 1.165) is 50.1 Å². The first kappa shape index (κ1) is 30.9. The van der Waals surface area contributed by atoms with Gasteiger partial charge in [0.15, 0.2) is 0 Å². The lowest BCUT2D eigenvalue weighted by atomic mass is 9.92. The summed E-state index contributed by atoms with van der Waals surface area (Å²) in [6.45, 7) is 22.4. The minimum atomic E-state index is 0.680. The predicted octanol–water partition coefficient (Wildman–Crippen LogP) is 9.17. The Morgan fingerprint density at radius 3 is 1.23 bits per heavy atom. The molecule has 0 saturated carbocycles. The Hall–Kier alpha value is -0.0800. The Bertz CT molecular complexity index is 332. The van der Waals surface area contributed by atoms with E-state index in [1.807, 2.05) is 0 Å². The lowest BCUT2D eigenvalue weighted by Gasteiger charge is -2.22. The van der Waals surface area contributed by atoms with Gasteiger partial charge in [-0.25, -0.2) is 0 Å². The van der Waals surface area contributed by atoms with Crippen LogP contribution in [0.5, 0.6) is 0 Å². The van der Waals surface area contributed by atoms with Crippen molar-refractivity contribution in [2.75, 3.05) is 26.4 Å². The van der Waals surface area contributed by atoms with Gasteiger partial charge in [0.05, 0.1) is 0 Å². The molecule has 2 heteroatoms. The van der Waals surface area contributed by atoms with Crippen molar-refractivity contribution in [3.63, 3.8) is 0 Å². The maximum atomic E-state index is 6.10. The van der Waals surface area contributed by atoms with Crippen LogP contribution in [0.4, 0.5) is 0 Å². The maximum Gasteiger partial charge on any atom is 0.0494 e. The third-order valence-electron chi connectivity index (χ3n) is 7.00. The van der Waals surface area contributed by atoms with Crippen LogP contribution in [0.15, 0.2) is 0 Å². The molecular formula is C29H60O2. The standard InChI is InChI=1S/C29H60O2/c1-9-28(22-30-19-17-26(7)15-11-13-24(3)4)21-29(10-2)23-31-20-18-27(8)16-12-14-25(5)6/h24-29H,9-23H2,1-8H3. The number of ether oxygens (including phenoxy) is 2. The molecule has 0 aliphatic heterocycles. The Balaban J connectivity index is 3.89. The van der Waals surface area contributed by atoms with Gasteiger partial charge in [-0.1, -0.05) is 107 Å². The van der Waals surface area contributed by atoms with E-state index in [9.17, 15) is 0 Å². The Labute approximate surface area is 197 Å². The second-order valence-corrected chi connectivity index (χ2v) is 11.4. The van der Waals surface area contributed by atoms with Gasteiger partial charge >= 0.3 is 0 Å². The molecule has 0 bridgehead atoms. The fourth-order valence-electron chi connectivity index (χ4n) is 4.28.